The Labute approximate surface area is 118 Å². The highest BCUT2D eigenvalue weighted by molar-refractivity contribution is 9.11. The molecule has 1 rings (SSSR count). The monoisotopic (exact) mass is 318 g/mol. The molecule has 0 radical (unpaired) electrons. The molecule has 0 aromatic carbocycles. The number of thiophene rings is 1. The van der Waals surface area contributed by atoms with Gasteiger partial charge in [-0.2, -0.15) is 0 Å². The average molecular weight is 319 g/mol. The summed E-state index contributed by atoms with van der Waals surface area (Å²) in [5.74, 6) is 0.738. The van der Waals surface area contributed by atoms with Crippen LogP contribution in [0.25, 0.3) is 0 Å². The molecule has 1 atom stereocenters. The van der Waals surface area contributed by atoms with Crippen molar-refractivity contribution in [2.24, 2.45) is 5.92 Å². The van der Waals surface area contributed by atoms with Gasteiger partial charge >= 0.3 is 0 Å². The number of likely N-dealkylation sites (N-methyl/N-ethyl adjacent to an activating group) is 1. The van der Waals surface area contributed by atoms with E-state index < -0.39 is 0 Å². The zero-order chi connectivity index (χ0) is 12.8. The van der Waals surface area contributed by atoms with Crippen molar-refractivity contribution < 1.29 is 0 Å². The average Bonchev–Trinajstić information content (AvgIpc) is 2.59. The topological polar surface area (TPSA) is 15.3 Å². The van der Waals surface area contributed by atoms with Gasteiger partial charge in [-0.3, -0.25) is 0 Å². The molecule has 1 aromatic heterocycles. The number of halogens is 1. The largest absolute Gasteiger partial charge is 0.308 e. The van der Waals surface area contributed by atoms with E-state index >= 15 is 0 Å². The maximum atomic E-state index is 3.66. The van der Waals surface area contributed by atoms with Crippen LogP contribution in [0.3, 0.4) is 0 Å². The third kappa shape index (κ3) is 6.55. The fourth-order valence-corrected chi connectivity index (χ4v) is 3.36. The number of hydrogen-bond donors (Lipinski definition) is 1. The molecule has 0 bridgehead atoms. The van der Waals surface area contributed by atoms with E-state index in [1.807, 2.05) is 11.3 Å². The van der Waals surface area contributed by atoms with E-state index in [0.717, 1.165) is 19.0 Å². The van der Waals surface area contributed by atoms with Crippen LogP contribution in [0.4, 0.5) is 0 Å². The molecule has 1 aromatic rings. The van der Waals surface area contributed by atoms with Crippen LogP contribution in [-0.4, -0.2) is 31.6 Å². The van der Waals surface area contributed by atoms with Crippen molar-refractivity contribution in [1.82, 2.24) is 10.2 Å². The van der Waals surface area contributed by atoms with Crippen LogP contribution in [-0.2, 0) is 6.54 Å². The summed E-state index contributed by atoms with van der Waals surface area (Å²) < 4.78 is 1.21. The summed E-state index contributed by atoms with van der Waals surface area (Å²) in [4.78, 5) is 3.65. The molecule has 0 aliphatic rings. The van der Waals surface area contributed by atoms with Crippen LogP contribution < -0.4 is 5.32 Å². The van der Waals surface area contributed by atoms with Crippen molar-refractivity contribution in [2.75, 3.05) is 20.6 Å². The van der Waals surface area contributed by atoms with E-state index in [-0.39, 0.29) is 0 Å². The maximum absolute atomic E-state index is 3.66. The van der Waals surface area contributed by atoms with Gasteiger partial charge in [0.25, 0.3) is 0 Å². The Morgan fingerprint density at radius 2 is 2.06 bits per heavy atom. The summed E-state index contributed by atoms with van der Waals surface area (Å²) in [5, 5.41) is 3.66. The Bertz CT molecular complexity index is 313. The summed E-state index contributed by atoms with van der Waals surface area (Å²) in [6.45, 7) is 6.64. The summed E-state index contributed by atoms with van der Waals surface area (Å²) >= 11 is 5.31. The van der Waals surface area contributed by atoms with Gasteiger partial charge in [0.15, 0.2) is 0 Å². The van der Waals surface area contributed by atoms with E-state index in [0.29, 0.717) is 6.04 Å². The molecule has 17 heavy (non-hydrogen) atoms. The lowest BCUT2D eigenvalue weighted by molar-refractivity contribution is 0.305. The van der Waals surface area contributed by atoms with Crippen molar-refractivity contribution in [3.8, 4) is 0 Å². The molecule has 4 heteroatoms. The first-order valence-corrected chi connectivity index (χ1v) is 7.70. The number of hydrogen-bond acceptors (Lipinski definition) is 3. The van der Waals surface area contributed by atoms with Crippen LogP contribution in [0.1, 0.15) is 25.1 Å². The minimum Gasteiger partial charge on any atom is -0.308 e. The minimum atomic E-state index is 0.575. The van der Waals surface area contributed by atoms with Gasteiger partial charge in [-0.15, -0.1) is 11.3 Å². The Hall–Kier alpha value is 0.1000. The van der Waals surface area contributed by atoms with E-state index in [2.05, 4.69) is 66.2 Å². The standard InChI is InChI=1S/C13H23BrN2S/c1-10(2)7-11(9-16(3)4)15-8-12-5-6-13(14)17-12/h5-6,10-11,15H,7-9H2,1-4H3. The predicted octanol–water partition coefficient (Wildman–Crippen LogP) is 3.58. The molecule has 1 unspecified atom stereocenters. The lowest BCUT2D eigenvalue weighted by Crippen LogP contribution is -2.38. The van der Waals surface area contributed by atoms with Gasteiger partial charge in [0.1, 0.15) is 0 Å². The summed E-state index contributed by atoms with van der Waals surface area (Å²) in [7, 11) is 4.27. The van der Waals surface area contributed by atoms with E-state index in [1.54, 1.807) is 0 Å². The molecule has 0 saturated heterocycles. The maximum Gasteiger partial charge on any atom is 0.0701 e. The molecule has 0 aliphatic carbocycles. The fourth-order valence-electron chi connectivity index (χ4n) is 1.92. The smallest absolute Gasteiger partial charge is 0.0701 e. The van der Waals surface area contributed by atoms with Gasteiger partial charge in [-0.1, -0.05) is 13.8 Å². The van der Waals surface area contributed by atoms with Crippen molar-refractivity contribution in [3.63, 3.8) is 0 Å². The summed E-state index contributed by atoms with van der Waals surface area (Å²) in [6, 6.07) is 4.88. The second-order valence-electron chi connectivity index (χ2n) is 5.18. The van der Waals surface area contributed by atoms with Gasteiger partial charge in [0, 0.05) is 24.0 Å². The third-order valence-corrected chi connectivity index (χ3v) is 4.16. The zero-order valence-electron chi connectivity index (χ0n) is 11.2. The first-order valence-electron chi connectivity index (χ1n) is 6.09. The molecule has 1 heterocycles. The van der Waals surface area contributed by atoms with Crippen molar-refractivity contribution in [1.29, 1.82) is 0 Å². The van der Waals surface area contributed by atoms with Crippen molar-refractivity contribution >= 4 is 27.3 Å². The lowest BCUT2D eigenvalue weighted by Gasteiger charge is -2.23. The Balaban J connectivity index is 2.42. The quantitative estimate of drug-likeness (QED) is 0.826. The molecular formula is C13H23BrN2S. The van der Waals surface area contributed by atoms with Gasteiger partial charge in [-0.05, 0) is 54.5 Å². The van der Waals surface area contributed by atoms with Crippen LogP contribution in [0.2, 0.25) is 0 Å². The second-order valence-corrected chi connectivity index (χ2v) is 7.72. The molecule has 0 fully saturated rings. The highest BCUT2D eigenvalue weighted by atomic mass is 79.9. The minimum absolute atomic E-state index is 0.575. The molecule has 0 amide bonds. The first kappa shape index (κ1) is 15.2. The van der Waals surface area contributed by atoms with E-state index in [9.17, 15) is 0 Å². The molecule has 2 nitrogen and oxygen atoms in total. The van der Waals surface area contributed by atoms with Gasteiger partial charge in [0.2, 0.25) is 0 Å². The van der Waals surface area contributed by atoms with Gasteiger partial charge in [0.05, 0.1) is 3.79 Å². The van der Waals surface area contributed by atoms with Gasteiger partial charge in [-0.25, -0.2) is 0 Å². The Morgan fingerprint density at radius 3 is 2.53 bits per heavy atom. The highest BCUT2D eigenvalue weighted by Crippen LogP contribution is 2.22. The number of rotatable bonds is 7. The summed E-state index contributed by atoms with van der Waals surface area (Å²) in [6.07, 6.45) is 1.23. The van der Waals surface area contributed by atoms with Crippen LogP contribution in [0, 0.1) is 5.92 Å². The molecule has 1 N–H and O–H groups in total. The molecule has 0 saturated carbocycles. The van der Waals surface area contributed by atoms with Gasteiger partial charge < -0.3 is 10.2 Å². The van der Waals surface area contributed by atoms with Crippen molar-refractivity contribution in [2.45, 2.75) is 32.9 Å². The third-order valence-electron chi connectivity index (χ3n) is 2.54. The van der Waals surface area contributed by atoms with Crippen LogP contribution in [0.15, 0.2) is 15.9 Å². The normalized spacial score (nSPS) is 13.6. The molecule has 98 valence electrons. The second kappa shape index (κ2) is 7.52. The van der Waals surface area contributed by atoms with E-state index in [4.69, 9.17) is 0 Å². The van der Waals surface area contributed by atoms with Crippen LogP contribution >= 0.6 is 27.3 Å². The zero-order valence-corrected chi connectivity index (χ0v) is 13.6. The lowest BCUT2D eigenvalue weighted by atomic mass is 10.0. The van der Waals surface area contributed by atoms with Crippen molar-refractivity contribution in [3.05, 3.63) is 20.8 Å². The van der Waals surface area contributed by atoms with Crippen LogP contribution in [0.5, 0.6) is 0 Å². The number of nitrogens with one attached hydrogen (secondary N) is 1. The molecule has 0 spiro atoms. The SMILES string of the molecule is CC(C)CC(CN(C)C)NCc1ccc(Br)s1. The predicted molar refractivity (Wildman–Crippen MR) is 80.7 cm³/mol. The fraction of sp³-hybridized carbons (Fsp3) is 0.692. The van der Waals surface area contributed by atoms with E-state index in [1.165, 1.54) is 15.1 Å². The molecular weight excluding hydrogens is 296 g/mol. The Morgan fingerprint density at radius 1 is 1.35 bits per heavy atom. The number of nitrogens with zero attached hydrogens (tertiary/aromatic N) is 1. The highest BCUT2D eigenvalue weighted by Gasteiger charge is 2.11. The summed E-state index contributed by atoms with van der Waals surface area (Å²) in [5.41, 5.74) is 0. The Kier molecular flexibility index (Phi) is 6.70. The first-order chi connectivity index (χ1) is 7.97. The molecule has 0 aliphatic heterocycles.